The molecule has 0 amide bonds. The number of rotatable bonds is 4. The van der Waals surface area contributed by atoms with Crippen LogP contribution in [0.3, 0.4) is 0 Å². The van der Waals surface area contributed by atoms with Crippen LogP contribution < -0.4 is 11.5 Å². The Labute approximate surface area is 156 Å². The average molecular weight is 367 g/mol. The molecule has 3 aromatic rings. The van der Waals surface area contributed by atoms with Crippen molar-refractivity contribution in [1.29, 1.82) is 0 Å². The number of nitrogens with two attached hydrogens (primary N) is 2. The molecule has 134 valence electrons. The summed E-state index contributed by atoms with van der Waals surface area (Å²) in [4.78, 5) is 21.3. The van der Waals surface area contributed by atoms with Gasteiger partial charge in [0, 0.05) is 29.3 Å². The number of hydrogen-bond acceptors (Lipinski definition) is 6. The van der Waals surface area contributed by atoms with Crippen molar-refractivity contribution in [3.05, 3.63) is 41.6 Å². The molecule has 26 heavy (non-hydrogen) atoms. The molecule has 1 aliphatic rings. The van der Waals surface area contributed by atoms with Gasteiger partial charge in [-0.25, -0.2) is 9.97 Å². The number of carbonyl (C=O) groups excluding carboxylic acids is 1. The lowest BCUT2D eigenvalue weighted by atomic mass is 9.95. The molecule has 2 heterocycles. The van der Waals surface area contributed by atoms with Gasteiger partial charge in [-0.1, -0.05) is 30.0 Å². The molecule has 0 atom stereocenters. The summed E-state index contributed by atoms with van der Waals surface area (Å²) in [5, 5.41) is 1.73. The molecule has 0 fully saturated rings. The number of fused-ring (bicyclic) bond motifs is 3. The average Bonchev–Trinajstić information content (AvgIpc) is 2.95. The van der Waals surface area contributed by atoms with Crippen LogP contribution in [0.4, 0.5) is 11.6 Å². The van der Waals surface area contributed by atoms with Crippen LogP contribution in [0.25, 0.3) is 10.9 Å². The Bertz CT molecular complexity index is 961. The molecule has 6 nitrogen and oxygen atoms in total. The van der Waals surface area contributed by atoms with E-state index in [0.717, 1.165) is 24.8 Å². The number of para-hydroxylation sites is 1. The van der Waals surface area contributed by atoms with Crippen LogP contribution in [0.15, 0.2) is 35.5 Å². The highest BCUT2D eigenvalue weighted by atomic mass is 32.2. The summed E-state index contributed by atoms with van der Waals surface area (Å²) in [5.74, 6) is 1.39. The van der Waals surface area contributed by atoms with E-state index in [1.54, 1.807) is 0 Å². The van der Waals surface area contributed by atoms with Gasteiger partial charge in [-0.2, -0.15) is 0 Å². The minimum atomic E-state index is 0.119. The van der Waals surface area contributed by atoms with Gasteiger partial charge in [0.25, 0.3) is 0 Å². The van der Waals surface area contributed by atoms with Gasteiger partial charge in [-0.15, -0.1) is 0 Å². The standard InChI is InChI=1S/C19H21N5OS/c20-16-11-17(21)23-19(22-16)26-10-9-18(25)24-14-7-3-1-5-12(14)13-6-2-4-8-15(13)24/h1,3,5,7,11H,2,4,6,8-10H2,(H4,20,21,22,23). The first-order valence-corrected chi connectivity index (χ1v) is 9.79. The number of nitrogens with zero attached hydrogens (tertiary/aromatic N) is 3. The second-order valence-electron chi connectivity index (χ2n) is 6.48. The van der Waals surface area contributed by atoms with Gasteiger partial charge in [0.15, 0.2) is 5.16 Å². The number of nitrogen functional groups attached to an aromatic ring is 2. The van der Waals surface area contributed by atoms with Gasteiger partial charge in [0.1, 0.15) is 11.6 Å². The van der Waals surface area contributed by atoms with Crippen LogP contribution in [0, 0.1) is 0 Å². The molecule has 0 aliphatic heterocycles. The molecule has 4 N–H and O–H groups in total. The van der Waals surface area contributed by atoms with Crippen LogP contribution in [0.1, 0.15) is 35.3 Å². The minimum absolute atomic E-state index is 0.119. The van der Waals surface area contributed by atoms with Crippen molar-refractivity contribution in [1.82, 2.24) is 14.5 Å². The van der Waals surface area contributed by atoms with Crippen molar-refractivity contribution in [3.63, 3.8) is 0 Å². The third-order valence-corrected chi connectivity index (χ3v) is 5.57. The normalized spacial score (nSPS) is 13.7. The summed E-state index contributed by atoms with van der Waals surface area (Å²) in [6, 6.07) is 9.73. The van der Waals surface area contributed by atoms with Gasteiger partial charge < -0.3 is 11.5 Å². The molecule has 0 unspecified atom stereocenters. The molecule has 4 rings (SSSR count). The predicted molar refractivity (Wildman–Crippen MR) is 105 cm³/mol. The number of benzene rings is 1. The Balaban J connectivity index is 1.55. The number of thioether (sulfide) groups is 1. The topological polar surface area (TPSA) is 99.8 Å². The zero-order chi connectivity index (χ0) is 18.1. The van der Waals surface area contributed by atoms with Gasteiger partial charge in [-0.3, -0.25) is 9.36 Å². The molecular weight excluding hydrogens is 346 g/mol. The maximum absolute atomic E-state index is 13.0. The fourth-order valence-electron chi connectivity index (χ4n) is 3.65. The highest BCUT2D eigenvalue weighted by Gasteiger charge is 2.22. The lowest BCUT2D eigenvalue weighted by Crippen LogP contribution is -2.16. The van der Waals surface area contributed by atoms with E-state index in [9.17, 15) is 4.79 Å². The van der Waals surface area contributed by atoms with Gasteiger partial charge in [0.05, 0.1) is 5.52 Å². The molecule has 0 radical (unpaired) electrons. The van der Waals surface area contributed by atoms with Gasteiger partial charge in [-0.05, 0) is 37.3 Å². The van der Waals surface area contributed by atoms with E-state index < -0.39 is 0 Å². The zero-order valence-corrected chi connectivity index (χ0v) is 15.3. The van der Waals surface area contributed by atoms with Crippen LogP contribution in [0.2, 0.25) is 0 Å². The lowest BCUT2D eigenvalue weighted by Gasteiger charge is -2.15. The van der Waals surface area contributed by atoms with E-state index in [1.807, 2.05) is 22.8 Å². The molecule has 1 aliphatic carbocycles. The van der Waals surface area contributed by atoms with Crippen molar-refractivity contribution < 1.29 is 4.79 Å². The lowest BCUT2D eigenvalue weighted by molar-refractivity contribution is 0.0912. The third kappa shape index (κ3) is 3.14. The molecule has 1 aromatic carbocycles. The van der Waals surface area contributed by atoms with Gasteiger partial charge >= 0.3 is 0 Å². The van der Waals surface area contributed by atoms with Crippen LogP contribution in [-0.4, -0.2) is 26.2 Å². The highest BCUT2D eigenvalue weighted by Crippen LogP contribution is 2.32. The Morgan fingerprint density at radius 2 is 1.85 bits per heavy atom. The fourth-order valence-corrected chi connectivity index (χ4v) is 4.45. The summed E-state index contributed by atoms with van der Waals surface area (Å²) in [7, 11) is 0. The van der Waals surface area contributed by atoms with E-state index in [4.69, 9.17) is 11.5 Å². The van der Waals surface area contributed by atoms with Crippen molar-refractivity contribution in [2.24, 2.45) is 0 Å². The van der Waals surface area contributed by atoms with Crippen molar-refractivity contribution in [3.8, 4) is 0 Å². The highest BCUT2D eigenvalue weighted by molar-refractivity contribution is 7.99. The van der Waals surface area contributed by atoms with Crippen molar-refractivity contribution in [2.75, 3.05) is 17.2 Å². The Morgan fingerprint density at radius 3 is 2.65 bits per heavy atom. The molecule has 2 aromatic heterocycles. The number of aryl methyl sites for hydroxylation is 1. The Hall–Kier alpha value is -2.54. The summed E-state index contributed by atoms with van der Waals surface area (Å²) in [5.41, 5.74) is 14.9. The number of carbonyl (C=O) groups is 1. The zero-order valence-electron chi connectivity index (χ0n) is 14.4. The van der Waals surface area contributed by atoms with Crippen LogP contribution >= 0.6 is 11.8 Å². The molecule has 7 heteroatoms. The van der Waals surface area contributed by atoms with Gasteiger partial charge in [0.2, 0.25) is 5.91 Å². The minimum Gasteiger partial charge on any atom is -0.383 e. The second-order valence-corrected chi connectivity index (χ2v) is 7.54. The van der Waals surface area contributed by atoms with Crippen LogP contribution in [-0.2, 0) is 12.8 Å². The largest absolute Gasteiger partial charge is 0.383 e. The smallest absolute Gasteiger partial charge is 0.232 e. The first-order chi connectivity index (χ1) is 12.6. The van der Waals surface area contributed by atoms with E-state index in [1.165, 1.54) is 40.9 Å². The summed E-state index contributed by atoms with van der Waals surface area (Å²) >= 11 is 1.40. The summed E-state index contributed by atoms with van der Waals surface area (Å²) in [6.07, 6.45) is 4.77. The Kier molecular flexibility index (Phi) is 4.55. The van der Waals surface area contributed by atoms with E-state index in [2.05, 4.69) is 16.0 Å². The molecule has 0 spiro atoms. The number of aromatic nitrogens is 3. The monoisotopic (exact) mass is 367 g/mol. The van der Waals surface area contributed by atoms with E-state index in [-0.39, 0.29) is 5.91 Å². The third-order valence-electron chi connectivity index (χ3n) is 4.72. The maximum Gasteiger partial charge on any atom is 0.232 e. The molecular formula is C19H21N5OS. The van der Waals surface area contributed by atoms with E-state index >= 15 is 0 Å². The fraction of sp³-hybridized carbons (Fsp3) is 0.316. The second kappa shape index (κ2) is 6.99. The summed E-state index contributed by atoms with van der Waals surface area (Å²) in [6.45, 7) is 0. The molecule has 0 saturated heterocycles. The maximum atomic E-state index is 13.0. The first kappa shape index (κ1) is 16.9. The first-order valence-electron chi connectivity index (χ1n) is 8.80. The quantitative estimate of drug-likeness (QED) is 0.542. The Morgan fingerprint density at radius 1 is 1.12 bits per heavy atom. The van der Waals surface area contributed by atoms with Crippen molar-refractivity contribution >= 4 is 40.2 Å². The van der Waals surface area contributed by atoms with E-state index in [0.29, 0.717) is 29.0 Å². The number of anilines is 2. The molecule has 0 saturated carbocycles. The summed E-state index contributed by atoms with van der Waals surface area (Å²) < 4.78 is 1.93. The van der Waals surface area contributed by atoms with Crippen molar-refractivity contribution in [2.45, 2.75) is 37.3 Å². The molecule has 0 bridgehead atoms. The van der Waals surface area contributed by atoms with Crippen LogP contribution in [0.5, 0.6) is 0 Å². The predicted octanol–water partition coefficient (Wildman–Crippen LogP) is 3.30. The number of hydrogen-bond donors (Lipinski definition) is 2. The SMILES string of the molecule is Nc1cc(N)nc(SCCC(=O)n2c3c(c4ccccc42)CCCC3)n1.